The Labute approximate surface area is 129 Å². The first-order chi connectivity index (χ1) is 10.0. The van der Waals surface area contributed by atoms with Gasteiger partial charge in [-0.05, 0) is 37.7 Å². The molecule has 0 radical (unpaired) electrons. The first kappa shape index (κ1) is 15.5. The first-order valence-corrected chi connectivity index (χ1v) is 7.04. The van der Waals surface area contributed by atoms with E-state index in [0.717, 1.165) is 5.56 Å². The van der Waals surface area contributed by atoms with Crippen molar-refractivity contribution in [1.82, 2.24) is 4.90 Å². The lowest BCUT2D eigenvalue weighted by Gasteiger charge is -2.26. The fourth-order valence-electron chi connectivity index (χ4n) is 2.20. The quantitative estimate of drug-likeness (QED) is 0.829. The molecule has 0 amide bonds. The van der Waals surface area contributed by atoms with Crippen molar-refractivity contribution in [3.8, 4) is 6.07 Å². The Hall–Kier alpha value is -1.89. The Bertz CT molecular complexity index is 679. The normalized spacial score (nSPS) is 12.2. The monoisotopic (exact) mass is 302 g/mol. The molecule has 0 aliphatic carbocycles. The highest BCUT2D eigenvalue weighted by Crippen LogP contribution is 2.27. The third-order valence-electron chi connectivity index (χ3n) is 3.62. The van der Waals surface area contributed by atoms with E-state index in [1.54, 1.807) is 12.1 Å². The van der Waals surface area contributed by atoms with Gasteiger partial charge in [-0.25, -0.2) is 4.39 Å². The van der Waals surface area contributed by atoms with Crippen molar-refractivity contribution in [3.05, 3.63) is 70.0 Å². The van der Waals surface area contributed by atoms with Crippen LogP contribution in [0.4, 0.5) is 4.39 Å². The molecule has 0 saturated carbocycles. The van der Waals surface area contributed by atoms with Crippen molar-refractivity contribution < 1.29 is 4.39 Å². The van der Waals surface area contributed by atoms with E-state index in [4.69, 9.17) is 16.9 Å². The molecule has 108 valence electrons. The topological polar surface area (TPSA) is 27.0 Å². The lowest BCUT2D eigenvalue weighted by molar-refractivity contribution is 0.249. The summed E-state index contributed by atoms with van der Waals surface area (Å²) in [5.41, 5.74) is 1.91. The Kier molecular flexibility index (Phi) is 4.95. The summed E-state index contributed by atoms with van der Waals surface area (Å²) in [6.45, 7) is 2.48. The smallest absolute Gasteiger partial charge is 0.129 e. The first-order valence-electron chi connectivity index (χ1n) is 6.66. The second-order valence-electron chi connectivity index (χ2n) is 5.03. The van der Waals surface area contributed by atoms with E-state index in [9.17, 15) is 4.39 Å². The highest BCUT2D eigenvalue weighted by Gasteiger charge is 2.16. The molecule has 0 aliphatic rings. The third-order valence-corrected chi connectivity index (χ3v) is 3.96. The molecule has 0 bridgehead atoms. The van der Waals surface area contributed by atoms with Crippen LogP contribution in [-0.2, 0) is 6.54 Å². The zero-order valence-electron chi connectivity index (χ0n) is 12.0. The summed E-state index contributed by atoms with van der Waals surface area (Å²) in [6.07, 6.45) is 0. The van der Waals surface area contributed by atoms with E-state index in [2.05, 4.69) is 0 Å². The van der Waals surface area contributed by atoms with Gasteiger partial charge in [-0.3, -0.25) is 4.90 Å². The highest BCUT2D eigenvalue weighted by atomic mass is 35.5. The highest BCUT2D eigenvalue weighted by molar-refractivity contribution is 6.31. The summed E-state index contributed by atoms with van der Waals surface area (Å²) < 4.78 is 13.9. The zero-order chi connectivity index (χ0) is 15.4. The van der Waals surface area contributed by atoms with Crippen molar-refractivity contribution in [1.29, 1.82) is 5.26 Å². The predicted octanol–water partition coefficient (Wildman–Crippen LogP) is 4.54. The number of rotatable bonds is 4. The maximum absolute atomic E-state index is 13.9. The molecule has 1 unspecified atom stereocenters. The molecular formula is C17H16ClFN2. The van der Waals surface area contributed by atoms with E-state index in [0.29, 0.717) is 22.7 Å². The summed E-state index contributed by atoms with van der Waals surface area (Å²) in [7, 11) is 1.92. The molecule has 0 N–H and O–H groups in total. The third kappa shape index (κ3) is 3.60. The van der Waals surface area contributed by atoms with E-state index in [1.807, 2.05) is 49.2 Å². The van der Waals surface area contributed by atoms with E-state index >= 15 is 0 Å². The minimum absolute atomic E-state index is 0.0637. The maximum atomic E-state index is 13.9. The molecule has 0 aromatic heterocycles. The van der Waals surface area contributed by atoms with Gasteiger partial charge in [0.25, 0.3) is 0 Å². The van der Waals surface area contributed by atoms with Gasteiger partial charge >= 0.3 is 0 Å². The van der Waals surface area contributed by atoms with Crippen molar-refractivity contribution >= 4 is 11.6 Å². The van der Waals surface area contributed by atoms with Crippen LogP contribution in [0.2, 0.25) is 5.02 Å². The molecular weight excluding hydrogens is 287 g/mol. The van der Waals surface area contributed by atoms with Gasteiger partial charge in [0.15, 0.2) is 0 Å². The second kappa shape index (κ2) is 6.71. The molecule has 0 saturated heterocycles. The van der Waals surface area contributed by atoms with Crippen LogP contribution in [0.3, 0.4) is 0 Å². The summed E-state index contributed by atoms with van der Waals surface area (Å²) in [5, 5.41) is 9.47. The number of benzene rings is 2. The maximum Gasteiger partial charge on any atom is 0.129 e. The second-order valence-corrected chi connectivity index (χ2v) is 5.44. The minimum Gasteiger partial charge on any atom is -0.295 e. The van der Waals surface area contributed by atoms with Crippen LogP contribution in [0.5, 0.6) is 0 Å². The van der Waals surface area contributed by atoms with Gasteiger partial charge in [-0.2, -0.15) is 5.26 Å². The molecule has 21 heavy (non-hydrogen) atoms. The predicted molar refractivity (Wildman–Crippen MR) is 82.4 cm³/mol. The van der Waals surface area contributed by atoms with Gasteiger partial charge in [0.2, 0.25) is 0 Å². The standard InChI is InChI=1S/C17H16ClFN2/c1-12(15-5-3-4-6-16(15)18)21(2)11-14-8-7-13(10-20)9-17(14)19/h3-9,12H,11H2,1-2H3. The number of halogens is 2. The largest absolute Gasteiger partial charge is 0.295 e. The summed E-state index contributed by atoms with van der Waals surface area (Å²) in [6, 6.07) is 14.2. The molecule has 2 rings (SSSR count). The number of hydrogen-bond acceptors (Lipinski definition) is 2. The molecule has 1 atom stereocenters. The molecule has 2 aromatic rings. The summed E-state index contributed by atoms with van der Waals surface area (Å²) in [4.78, 5) is 2.02. The number of hydrogen-bond donors (Lipinski definition) is 0. The van der Waals surface area contributed by atoms with Crippen LogP contribution < -0.4 is 0 Å². The Morgan fingerprint density at radius 1 is 1.29 bits per heavy atom. The van der Waals surface area contributed by atoms with Crippen LogP contribution in [-0.4, -0.2) is 11.9 Å². The SMILES string of the molecule is CC(c1ccccc1Cl)N(C)Cc1ccc(C#N)cc1F. The Morgan fingerprint density at radius 3 is 2.62 bits per heavy atom. The van der Waals surface area contributed by atoms with Crippen LogP contribution >= 0.6 is 11.6 Å². The number of nitrogens with zero attached hydrogens (tertiary/aromatic N) is 2. The fraction of sp³-hybridized carbons (Fsp3) is 0.235. The molecule has 0 heterocycles. The Morgan fingerprint density at radius 2 is 2.00 bits per heavy atom. The Balaban J connectivity index is 2.16. The van der Waals surface area contributed by atoms with Gasteiger partial charge in [0.05, 0.1) is 11.6 Å². The number of nitriles is 1. The van der Waals surface area contributed by atoms with Crippen molar-refractivity contribution in [3.63, 3.8) is 0 Å². The van der Waals surface area contributed by atoms with Gasteiger partial charge in [-0.1, -0.05) is 35.9 Å². The molecule has 2 nitrogen and oxygen atoms in total. The molecule has 0 fully saturated rings. The van der Waals surface area contributed by atoms with Crippen molar-refractivity contribution in [2.24, 2.45) is 0 Å². The minimum atomic E-state index is -0.354. The van der Waals surface area contributed by atoms with Crippen molar-refractivity contribution in [2.45, 2.75) is 19.5 Å². The van der Waals surface area contributed by atoms with Gasteiger partial charge in [0.1, 0.15) is 5.82 Å². The molecule has 0 aliphatic heterocycles. The van der Waals surface area contributed by atoms with Gasteiger partial charge in [-0.15, -0.1) is 0 Å². The molecule has 4 heteroatoms. The van der Waals surface area contributed by atoms with E-state index in [-0.39, 0.29) is 11.9 Å². The van der Waals surface area contributed by atoms with Crippen LogP contribution in [0.1, 0.15) is 29.7 Å². The average Bonchev–Trinajstić information content (AvgIpc) is 2.49. The lowest BCUT2D eigenvalue weighted by Crippen LogP contribution is -2.22. The fourth-order valence-corrected chi connectivity index (χ4v) is 2.50. The van der Waals surface area contributed by atoms with Crippen LogP contribution in [0.25, 0.3) is 0 Å². The van der Waals surface area contributed by atoms with E-state index < -0.39 is 0 Å². The van der Waals surface area contributed by atoms with Gasteiger partial charge in [0, 0.05) is 23.2 Å². The molecule has 2 aromatic carbocycles. The summed E-state index contributed by atoms with van der Waals surface area (Å²) >= 11 is 6.20. The van der Waals surface area contributed by atoms with E-state index in [1.165, 1.54) is 6.07 Å². The average molecular weight is 303 g/mol. The van der Waals surface area contributed by atoms with Crippen LogP contribution in [0.15, 0.2) is 42.5 Å². The van der Waals surface area contributed by atoms with Crippen LogP contribution in [0, 0.1) is 17.1 Å². The molecule has 0 spiro atoms. The zero-order valence-corrected chi connectivity index (χ0v) is 12.7. The van der Waals surface area contributed by atoms with Crippen molar-refractivity contribution in [2.75, 3.05) is 7.05 Å². The van der Waals surface area contributed by atoms with Gasteiger partial charge < -0.3 is 0 Å². The lowest BCUT2D eigenvalue weighted by atomic mass is 10.1. The summed E-state index contributed by atoms with van der Waals surface area (Å²) in [5.74, 6) is -0.354.